The van der Waals surface area contributed by atoms with Gasteiger partial charge in [-0.2, -0.15) is 0 Å². The van der Waals surface area contributed by atoms with Gasteiger partial charge in [0.2, 0.25) is 17.7 Å². The van der Waals surface area contributed by atoms with E-state index in [1.54, 1.807) is 0 Å². The van der Waals surface area contributed by atoms with E-state index in [-0.39, 0.29) is 18.8 Å². The molecule has 1 aliphatic rings. The maximum Gasteiger partial charge on any atom is 0.326 e. The molecule has 0 saturated carbocycles. The van der Waals surface area contributed by atoms with Crippen LogP contribution >= 0.6 is 0 Å². The van der Waals surface area contributed by atoms with Gasteiger partial charge in [-0.25, -0.2) is 4.79 Å². The average molecular weight is 472 g/mol. The van der Waals surface area contributed by atoms with Gasteiger partial charge in [-0.1, -0.05) is 13.8 Å². The largest absolute Gasteiger partial charge is 0.481 e. The second kappa shape index (κ2) is 14.4. The normalized spacial score (nSPS) is 18.2. The van der Waals surface area contributed by atoms with E-state index in [1.807, 2.05) is 13.8 Å². The molecule has 0 aliphatic carbocycles. The molecular formula is C21H37N5O7. The van der Waals surface area contributed by atoms with Gasteiger partial charge < -0.3 is 37.2 Å². The van der Waals surface area contributed by atoms with Gasteiger partial charge >= 0.3 is 11.9 Å². The molecule has 8 N–H and O–H groups in total. The quantitative estimate of drug-likeness (QED) is 0.145. The lowest BCUT2D eigenvalue weighted by Gasteiger charge is -2.25. The van der Waals surface area contributed by atoms with Crippen molar-refractivity contribution in [2.45, 2.75) is 83.0 Å². The Balaban J connectivity index is 2.92. The Bertz CT molecular complexity index is 694. The Labute approximate surface area is 193 Å². The Morgan fingerprint density at radius 1 is 0.970 bits per heavy atom. The number of nitrogens with one attached hydrogen (secondary N) is 4. The highest BCUT2D eigenvalue weighted by Crippen LogP contribution is 2.09. The van der Waals surface area contributed by atoms with E-state index in [0.29, 0.717) is 32.4 Å². The molecular weight excluding hydrogens is 434 g/mol. The maximum absolute atomic E-state index is 12.8. The molecule has 0 aromatic heterocycles. The summed E-state index contributed by atoms with van der Waals surface area (Å²) in [6.45, 7) is 4.67. The van der Waals surface area contributed by atoms with Gasteiger partial charge in [0.25, 0.3) is 0 Å². The number of amides is 3. The lowest BCUT2D eigenvalue weighted by Crippen LogP contribution is -2.57. The SMILES string of the molecule is CC(C)CC(NC(=O)C(CCCCN)NC(=O)C(CC(=O)O)NC(=O)C1CCCN1)C(=O)O. The number of carboxylic acid groups (broad SMARTS) is 2. The molecule has 12 heteroatoms. The summed E-state index contributed by atoms with van der Waals surface area (Å²) in [5.74, 6) is -4.47. The van der Waals surface area contributed by atoms with Crippen molar-refractivity contribution in [1.82, 2.24) is 21.3 Å². The zero-order valence-electron chi connectivity index (χ0n) is 19.3. The number of carbonyl (C=O) groups is 5. The van der Waals surface area contributed by atoms with Crippen LogP contribution in [0.1, 0.15) is 58.8 Å². The highest BCUT2D eigenvalue weighted by molar-refractivity contribution is 5.95. The predicted octanol–water partition coefficient (Wildman–Crippen LogP) is -1.07. The molecule has 1 aliphatic heterocycles. The molecule has 0 bridgehead atoms. The molecule has 4 atom stereocenters. The van der Waals surface area contributed by atoms with E-state index in [0.717, 1.165) is 6.42 Å². The van der Waals surface area contributed by atoms with Crippen LogP contribution in [-0.4, -0.2) is 77.1 Å². The third-order valence-corrected chi connectivity index (χ3v) is 5.29. The fraction of sp³-hybridized carbons (Fsp3) is 0.762. The van der Waals surface area contributed by atoms with E-state index in [1.165, 1.54) is 0 Å². The number of nitrogens with two attached hydrogens (primary N) is 1. The summed E-state index contributed by atoms with van der Waals surface area (Å²) >= 11 is 0. The molecule has 1 saturated heterocycles. The monoisotopic (exact) mass is 471 g/mol. The maximum atomic E-state index is 12.8. The molecule has 12 nitrogen and oxygen atoms in total. The second-order valence-electron chi connectivity index (χ2n) is 8.68. The minimum Gasteiger partial charge on any atom is -0.481 e. The van der Waals surface area contributed by atoms with Crippen molar-refractivity contribution in [1.29, 1.82) is 0 Å². The number of carbonyl (C=O) groups excluding carboxylic acids is 3. The zero-order chi connectivity index (χ0) is 25.0. The average Bonchev–Trinajstić information content (AvgIpc) is 3.26. The molecule has 0 radical (unpaired) electrons. The van der Waals surface area contributed by atoms with Gasteiger partial charge in [-0.3, -0.25) is 19.2 Å². The molecule has 33 heavy (non-hydrogen) atoms. The number of hydrogen-bond acceptors (Lipinski definition) is 7. The molecule has 188 valence electrons. The lowest BCUT2D eigenvalue weighted by molar-refractivity contribution is -0.143. The van der Waals surface area contributed by atoms with Gasteiger partial charge in [0, 0.05) is 0 Å². The van der Waals surface area contributed by atoms with Crippen LogP contribution in [0.4, 0.5) is 0 Å². The smallest absolute Gasteiger partial charge is 0.326 e. The first kappa shape index (κ1) is 28.3. The summed E-state index contributed by atoms with van der Waals surface area (Å²) in [6.07, 6.45) is 2.15. The van der Waals surface area contributed by atoms with Gasteiger partial charge in [0.15, 0.2) is 0 Å². The Kier molecular flexibility index (Phi) is 12.4. The number of unbranched alkanes of at least 4 members (excludes halogenated alkanes) is 1. The summed E-state index contributed by atoms with van der Waals surface area (Å²) < 4.78 is 0. The van der Waals surface area contributed by atoms with E-state index < -0.39 is 60.2 Å². The molecule has 0 spiro atoms. The number of hydrogen-bond donors (Lipinski definition) is 7. The summed E-state index contributed by atoms with van der Waals surface area (Å²) in [4.78, 5) is 60.8. The van der Waals surface area contributed by atoms with Crippen LogP contribution < -0.4 is 27.0 Å². The first-order valence-corrected chi connectivity index (χ1v) is 11.3. The van der Waals surface area contributed by atoms with Gasteiger partial charge in [0.05, 0.1) is 12.5 Å². The predicted molar refractivity (Wildman–Crippen MR) is 119 cm³/mol. The van der Waals surface area contributed by atoms with Crippen LogP contribution in [0.3, 0.4) is 0 Å². The third-order valence-electron chi connectivity index (χ3n) is 5.29. The Morgan fingerprint density at radius 2 is 1.61 bits per heavy atom. The highest BCUT2D eigenvalue weighted by atomic mass is 16.4. The molecule has 1 fully saturated rings. The highest BCUT2D eigenvalue weighted by Gasteiger charge is 2.32. The van der Waals surface area contributed by atoms with Crippen molar-refractivity contribution in [3.63, 3.8) is 0 Å². The first-order valence-electron chi connectivity index (χ1n) is 11.3. The summed E-state index contributed by atoms with van der Waals surface area (Å²) in [5.41, 5.74) is 5.50. The van der Waals surface area contributed by atoms with Crippen LogP contribution in [0.5, 0.6) is 0 Å². The van der Waals surface area contributed by atoms with Crippen LogP contribution in [-0.2, 0) is 24.0 Å². The van der Waals surface area contributed by atoms with Gasteiger partial charge in [-0.05, 0) is 57.5 Å². The van der Waals surface area contributed by atoms with Crippen molar-refractivity contribution in [2.24, 2.45) is 11.7 Å². The summed E-state index contributed by atoms with van der Waals surface area (Å²) in [7, 11) is 0. The van der Waals surface area contributed by atoms with Crippen molar-refractivity contribution in [3.8, 4) is 0 Å². The van der Waals surface area contributed by atoms with Crippen molar-refractivity contribution in [3.05, 3.63) is 0 Å². The molecule has 1 heterocycles. The number of carboxylic acids is 2. The standard InChI is InChI=1S/C21H37N5O7/c1-12(2)10-16(21(32)33)26-19(30)14(6-3-4-8-22)24-20(31)15(11-17(27)28)25-18(29)13-7-5-9-23-13/h12-16,23H,3-11,22H2,1-2H3,(H,24,31)(H,25,29)(H,26,30)(H,27,28)(H,32,33). The van der Waals surface area contributed by atoms with Crippen LogP contribution in [0.2, 0.25) is 0 Å². The van der Waals surface area contributed by atoms with E-state index >= 15 is 0 Å². The minimum atomic E-state index is -1.38. The zero-order valence-corrected chi connectivity index (χ0v) is 19.3. The van der Waals surface area contributed by atoms with Crippen molar-refractivity contribution in [2.75, 3.05) is 13.1 Å². The molecule has 3 amide bonds. The molecule has 1 rings (SSSR count). The minimum absolute atomic E-state index is 0.0102. The van der Waals surface area contributed by atoms with E-state index in [9.17, 15) is 34.2 Å². The summed E-state index contributed by atoms with van der Waals surface area (Å²) in [5, 5.41) is 28.9. The Morgan fingerprint density at radius 3 is 2.12 bits per heavy atom. The topological polar surface area (TPSA) is 200 Å². The van der Waals surface area contributed by atoms with E-state index in [4.69, 9.17) is 5.73 Å². The van der Waals surface area contributed by atoms with Crippen LogP contribution in [0, 0.1) is 5.92 Å². The fourth-order valence-electron chi connectivity index (χ4n) is 3.56. The number of rotatable bonds is 15. The number of aliphatic carboxylic acids is 2. The molecule has 0 aromatic carbocycles. The molecule has 0 aromatic rings. The Hall–Kier alpha value is -2.73. The summed E-state index contributed by atoms with van der Waals surface area (Å²) in [6, 6.07) is -4.12. The van der Waals surface area contributed by atoms with Crippen molar-refractivity contribution < 1.29 is 34.2 Å². The van der Waals surface area contributed by atoms with Crippen LogP contribution in [0.15, 0.2) is 0 Å². The van der Waals surface area contributed by atoms with Crippen molar-refractivity contribution >= 4 is 29.7 Å². The lowest BCUT2D eigenvalue weighted by atomic mass is 10.0. The fourth-order valence-corrected chi connectivity index (χ4v) is 3.56. The van der Waals surface area contributed by atoms with Gasteiger partial charge in [0.1, 0.15) is 18.1 Å². The first-order chi connectivity index (χ1) is 15.5. The third kappa shape index (κ3) is 10.6. The van der Waals surface area contributed by atoms with Crippen LogP contribution in [0.25, 0.3) is 0 Å². The second-order valence-corrected chi connectivity index (χ2v) is 8.68. The molecule has 4 unspecified atom stereocenters. The van der Waals surface area contributed by atoms with E-state index in [2.05, 4.69) is 21.3 Å². The van der Waals surface area contributed by atoms with Gasteiger partial charge in [-0.15, -0.1) is 0 Å².